The summed E-state index contributed by atoms with van der Waals surface area (Å²) in [6, 6.07) is 22.1. The van der Waals surface area contributed by atoms with Gasteiger partial charge in [-0.25, -0.2) is 12.7 Å². The van der Waals surface area contributed by atoms with Crippen LogP contribution in [-0.4, -0.2) is 54.0 Å². The molecule has 208 valence electrons. The molecule has 0 aromatic heterocycles. The van der Waals surface area contributed by atoms with E-state index in [0.717, 1.165) is 42.4 Å². The molecule has 8 nitrogen and oxygen atoms in total. The van der Waals surface area contributed by atoms with Crippen LogP contribution in [0.2, 0.25) is 0 Å². The lowest BCUT2D eigenvalue weighted by Crippen LogP contribution is -2.54. The van der Waals surface area contributed by atoms with Gasteiger partial charge < -0.3 is 10.2 Å². The molecule has 0 radical (unpaired) electrons. The Kier molecular flexibility index (Phi) is 8.02. The fourth-order valence-electron chi connectivity index (χ4n) is 5.41. The first kappa shape index (κ1) is 27.6. The number of rotatable bonds is 9. The summed E-state index contributed by atoms with van der Waals surface area (Å²) < 4.78 is 27.1. The van der Waals surface area contributed by atoms with E-state index in [0.29, 0.717) is 4.31 Å². The fraction of sp³-hybridized carbons (Fsp3) is 0.323. The van der Waals surface area contributed by atoms with E-state index in [9.17, 15) is 22.8 Å². The van der Waals surface area contributed by atoms with E-state index in [1.165, 1.54) is 17.0 Å². The minimum atomic E-state index is -4.19. The van der Waals surface area contributed by atoms with Crippen molar-refractivity contribution in [2.75, 3.05) is 6.54 Å². The van der Waals surface area contributed by atoms with E-state index < -0.39 is 34.4 Å². The van der Waals surface area contributed by atoms with Crippen molar-refractivity contribution >= 4 is 27.7 Å². The highest BCUT2D eigenvalue weighted by atomic mass is 32.2. The number of amides is 3. The summed E-state index contributed by atoms with van der Waals surface area (Å²) in [6.07, 6.45) is 4.09. The Labute approximate surface area is 235 Å². The third-order valence-corrected chi connectivity index (χ3v) is 9.42. The van der Waals surface area contributed by atoms with E-state index in [1.807, 2.05) is 61.5 Å². The summed E-state index contributed by atoms with van der Waals surface area (Å²) in [6.45, 7) is 1.36. The van der Waals surface area contributed by atoms with Crippen LogP contribution in [0.25, 0.3) is 0 Å². The van der Waals surface area contributed by atoms with E-state index in [-0.39, 0.29) is 35.4 Å². The lowest BCUT2D eigenvalue weighted by molar-refractivity contribution is -0.141. The minimum absolute atomic E-state index is 0.0390. The number of carbonyl (C=O) groups is 3. The topological polar surface area (TPSA) is 104 Å². The molecule has 40 heavy (non-hydrogen) atoms. The summed E-state index contributed by atoms with van der Waals surface area (Å²) >= 11 is 0. The SMILES string of the molecule is Cc1ccc(CN(C(=O)CN2C(=O)c3ccccc3S2(=O)=O)[C@@H](Cc2ccccc2)C(=O)NC2CCCC2)cc1. The Morgan fingerprint density at radius 3 is 2.25 bits per heavy atom. The van der Waals surface area contributed by atoms with Gasteiger partial charge in [-0.05, 0) is 43.0 Å². The zero-order valence-electron chi connectivity index (χ0n) is 22.5. The van der Waals surface area contributed by atoms with Crippen LogP contribution in [-0.2, 0) is 32.6 Å². The third-order valence-electron chi connectivity index (χ3n) is 7.64. The van der Waals surface area contributed by atoms with E-state index in [4.69, 9.17) is 0 Å². The first-order chi connectivity index (χ1) is 19.2. The third kappa shape index (κ3) is 5.79. The van der Waals surface area contributed by atoms with Crippen molar-refractivity contribution < 1.29 is 22.8 Å². The fourth-order valence-corrected chi connectivity index (χ4v) is 6.93. The summed E-state index contributed by atoms with van der Waals surface area (Å²) in [7, 11) is -4.19. The lowest BCUT2D eigenvalue weighted by atomic mass is 10.0. The Morgan fingerprint density at radius 1 is 0.925 bits per heavy atom. The van der Waals surface area contributed by atoms with Crippen molar-refractivity contribution in [1.82, 2.24) is 14.5 Å². The van der Waals surface area contributed by atoms with Crippen molar-refractivity contribution in [3.8, 4) is 0 Å². The van der Waals surface area contributed by atoms with E-state index >= 15 is 0 Å². The van der Waals surface area contributed by atoms with Gasteiger partial charge in [0.25, 0.3) is 15.9 Å². The molecule has 1 fully saturated rings. The van der Waals surface area contributed by atoms with Gasteiger partial charge in [0.15, 0.2) is 0 Å². The van der Waals surface area contributed by atoms with Crippen LogP contribution in [0.1, 0.15) is 52.7 Å². The molecular weight excluding hydrogens is 526 g/mol. The van der Waals surface area contributed by atoms with Gasteiger partial charge in [0.2, 0.25) is 11.8 Å². The van der Waals surface area contributed by atoms with Crippen molar-refractivity contribution in [2.24, 2.45) is 0 Å². The predicted molar refractivity (Wildman–Crippen MR) is 151 cm³/mol. The van der Waals surface area contributed by atoms with Gasteiger partial charge in [0.05, 0.1) is 5.56 Å². The molecule has 1 atom stereocenters. The van der Waals surface area contributed by atoms with Gasteiger partial charge in [-0.2, -0.15) is 0 Å². The van der Waals surface area contributed by atoms with Crippen molar-refractivity contribution in [3.63, 3.8) is 0 Å². The number of hydrogen-bond donors (Lipinski definition) is 1. The lowest BCUT2D eigenvalue weighted by Gasteiger charge is -2.33. The maximum Gasteiger partial charge on any atom is 0.269 e. The highest BCUT2D eigenvalue weighted by Gasteiger charge is 2.43. The van der Waals surface area contributed by atoms with Gasteiger partial charge in [-0.15, -0.1) is 0 Å². The molecule has 9 heteroatoms. The van der Waals surface area contributed by atoms with Crippen molar-refractivity contribution in [3.05, 3.63) is 101 Å². The molecule has 1 N–H and O–H groups in total. The maximum absolute atomic E-state index is 14.0. The van der Waals surface area contributed by atoms with Gasteiger partial charge in [0.1, 0.15) is 17.5 Å². The van der Waals surface area contributed by atoms with Crippen LogP contribution >= 0.6 is 0 Å². The quantitative estimate of drug-likeness (QED) is 0.429. The van der Waals surface area contributed by atoms with Crippen LogP contribution in [0.3, 0.4) is 0 Å². The second-order valence-electron chi connectivity index (χ2n) is 10.5. The summed E-state index contributed by atoms with van der Waals surface area (Å²) in [4.78, 5) is 42.2. The summed E-state index contributed by atoms with van der Waals surface area (Å²) in [5.41, 5.74) is 2.76. The molecule has 1 aliphatic carbocycles. The van der Waals surface area contributed by atoms with E-state index in [2.05, 4.69) is 5.32 Å². The normalized spacial score (nSPS) is 16.9. The van der Waals surface area contributed by atoms with Crippen LogP contribution < -0.4 is 5.32 Å². The zero-order valence-corrected chi connectivity index (χ0v) is 23.3. The van der Waals surface area contributed by atoms with Gasteiger partial charge >= 0.3 is 0 Å². The number of aryl methyl sites for hydroxylation is 1. The number of sulfonamides is 1. The molecule has 3 aromatic rings. The van der Waals surface area contributed by atoms with E-state index in [1.54, 1.807) is 12.1 Å². The average Bonchev–Trinajstić information content (AvgIpc) is 3.53. The van der Waals surface area contributed by atoms with Crippen LogP contribution in [0, 0.1) is 6.92 Å². The summed E-state index contributed by atoms with van der Waals surface area (Å²) in [5, 5.41) is 3.13. The minimum Gasteiger partial charge on any atom is -0.352 e. The smallest absolute Gasteiger partial charge is 0.269 e. The van der Waals surface area contributed by atoms with Gasteiger partial charge in [-0.3, -0.25) is 14.4 Å². The average molecular weight is 560 g/mol. The Hall–Kier alpha value is -3.98. The maximum atomic E-state index is 14.0. The molecule has 3 aromatic carbocycles. The molecule has 0 unspecified atom stereocenters. The molecule has 1 heterocycles. The standard InChI is InChI=1S/C31H33N3O5S/c1-22-15-17-24(18-16-22)20-33(29(35)21-34-31(37)26-13-7-8-14-28(26)40(34,38)39)27(19-23-9-3-2-4-10-23)30(36)32-25-11-5-6-12-25/h2-4,7-10,13-18,25,27H,5-6,11-12,19-21H2,1H3,(H,32,36)/t27-/m0/s1. The second-order valence-corrected chi connectivity index (χ2v) is 12.3. The molecular formula is C31H33N3O5S. The highest BCUT2D eigenvalue weighted by molar-refractivity contribution is 7.90. The zero-order chi connectivity index (χ0) is 28.3. The molecule has 0 spiro atoms. The number of carbonyl (C=O) groups excluding carboxylic acids is 3. The Bertz CT molecular complexity index is 1500. The number of hydrogen-bond acceptors (Lipinski definition) is 5. The van der Waals surface area contributed by atoms with Crippen molar-refractivity contribution in [1.29, 1.82) is 0 Å². The number of nitrogens with one attached hydrogen (secondary N) is 1. The number of benzene rings is 3. The Balaban J connectivity index is 1.49. The van der Waals surface area contributed by atoms with Crippen LogP contribution in [0.5, 0.6) is 0 Å². The first-order valence-electron chi connectivity index (χ1n) is 13.6. The number of nitrogens with zero attached hydrogens (tertiary/aromatic N) is 2. The van der Waals surface area contributed by atoms with Gasteiger partial charge in [-0.1, -0.05) is 85.1 Å². The van der Waals surface area contributed by atoms with Crippen LogP contribution in [0.15, 0.2) is 83.8 Å². The number of fused-ring (bicyclic) bond motifs is 1. The van der Waals surface area contributed by atoms with Crippen molar-refractivity contribution in [2.45, 2.75) is 62.6 Å². The molecule has 0 saturated heterocycles. The molecule has 1 saturated carbocycles. The highest BCUT2D eigenvalue weighted by Crippen LogP contribution is 2.30. The summed E-state index contributed by atoms with van der Waals surface area (Å²) in [5.74, 6) is -1.64. The predicted octanol–water partition coefficient (Wildman–Crippen LogP) is 3.84. The second kappa shape index (κ2) is 11.6. The monoisotopic (exact) mass is 559 g/mol. The molecule has 0 bridgehead atoms. The largest absolute Gasteiger partial charge is 0.352 e. The van der Waals surface area contributed by atoms with Crippen LogP contribution in [0.4, 0.5) is 0 Å². The molecule has 3 amide bonds. The van der Waals surface area contributed by atoms with Gasteiger partial charge in [0, 0.05) is 19.0 Å². The Morgan fingerprint density at radius 2 is 1.57 bits per heavy atom. The molecule has 1 aliphatic heterocycles. The molecule has 5 rings (SSSR count). The molecule has 2 aliphatic rings. The first-order valence-corrected chi connectivity index (χ1v) is 15.0.